The molecular formula is C22H27NO2. The van der Waals surface area contributed by atoms with E-state index in [1.165, 1.54) is 43.2 Å². The van der Waals surface area contributed by atoms with Gasteiger partial charge in [0.15, 0.2) is 17.6 Å². The van der Waals surface area contributed by atoms with Crippen molar-refractivity contribution in [2.45, 2.75) is 50.8 Å². The minimum absolute atomic E-state index is 0.0278. The van der Waals surface area contributed by atoms with Crippen molar-refractivity contribution in [3.8, 4) is 11.5 Å². The van der Waals surface area contributed by atoms with Gasteiger partial charge in [0.05, 0.1) is 0 Å². The average molecular weight is 337 g/mol. The van der Waals surface area contributed by atoms with Gasteiger partial charge in [-0.1, -0.05) is 55.7 Å². The quantitative estimate of drug-likeness (QED) is 0.787. The molecule has 0 radical (unpaired) electrons. The van der Waals surface area contributed by atoms with E-state index in [0.29, 0.717) is 6.61 Å². The maximum absolute atomic E-state index is 6.10. The summed E-state index contributed by atoms with van der Waals surface area (Å²) < 4.78 is 11.9. The highest BCUT2D eigenvalue weighted by molar-refractivity contribution is 5.41. The number of rotatable bonds is 4. The fourth-order valence-corrected chi connectivity index (χ4v) is 3.96. The highest BCUT2D eigenvalue weighted by atomic mass is 16.6. The van der Waals surface area contributed by atoms with Crippen LogP contribution in [0.4, 0.5) is 0 Å². The second-order valence-corrected chi connectivity index (χ2v) is 7.31. The van der Waals surface area contributed by atoms with E-state index in [2.05, 4.69) is 36.2 Å². The molecule has 132 valence electrons. The zero-order valence-corrected chi connectivity index (χ0v) is 15.0. The van der Waals surface area contributed by atoms with Crippen LogP contribution in [-0.2, 0) is 6.54 Å². The van der Waals surface area contributed by atoms with E-state index in [-0.39, 0.29) is 6.10 Å². The van der Waals surface area contributed by atoms with Crippen LogP contribution in [0.15, 0.2) is 48.5 Å². The van der Waals surface area contributed by atoms with Crippen molar-refractivity contribution < 1.29 is 9.47 Å². The molecule has 1 aliphatic carbocycles. The summed E-state index contributed by atoms with van der Waals surface area (Å²) in [6.07, 6.45) is 6.84. The fourth-order valence-electron chi connectivity index (χ4n) is 3.96. The Kier molecular flexibility index (Phi) is 4.93. The molecule has 4 rings (SSSR count). The number of nitrogens with zero attached hydrogens (tertiary/aromatic N) is 1. The van der Waals surface area contributed by atoms with Crippen molar-refractivity contribution in [1.82, 2.24) is 4.90 Å². The number of para-hydroxylation sites is 2. The molecule has 0 saturated heterocycles. The van der Waals surface area contributed by atoms with Gasteiger partial charge in [-0.15, -0.1) is 0 Å². The molecule has 1 saturated carbocycles. The summed E-state index contributed by atoms with van der Waals surface area (Å²) in [7, 11) is 2.26. The van der Waals surface area contributed by atoms with Crippen LogP contribution in [0, 0.1) is 0 Å². The van der Waals surface area contributed by atoms with Crippen LogP contribution in [-0.4, -0.2) is 24.6 Å². The van der Waals surface area contributed by atoms with Gasteiger partial charge in [-0.25, -0.2) is 0 Å². The lowest BCUT2D eigenvalue weighted by atomic mass is 9.94. The van der Waals surface area contributed by atoms with Crippen molar-refractivity contribution in [2.24, 2.45) is 0 Å². The van der Waals surface area contributed by atoms with Gasteiger partial charge in [0.25, 0.3) is 0 Å². The average Bonchev–Trinajstić information content (AvgIpc) is 2.69. The largest absolute Gasteiger partial charge is 0.485 e. The predicted molar refractivity (Wildman–Crippen MR) is 100 cm³/mol. The van der Waals surface area contributed by atoms with Crippen molar-refractivity contribution in [1.29, 1.82) is 0 Å². The van der Waals surface area contributed by atoms with Crippen LogP contribution in [0.1, 0.15) is 49.3 Å². The van der Waals surface area contributed by atoms with E-state index in [4.69, 9.17) is 9.47 Å². The minimum Gasteiger partial charge on any atom is -0.485 e. The van der Waals surface area contributed by atoms with Gasteiger partial charge >= 0.3 is 0 Å². The fraction of sp³-hybridized carbons (Fsp3) is 0.455. The number of hydrogen-bond donors (Lipinski definition) is 0. The molecule has 3 heteroatoms. The Morgan fingerprint density at radius 2 is 1.64 bits per heavy atom. The van der Waals surface area contributed by atoms with Gasteiger partial charge in [-0.3, -0.25) is 4.90 Å². The second-order valence-electron chi connectivity index (χ2n) is 7.31. The molecule has 0 spiro atoms. The van der Waals surface area contributed by atoms with Crippen LogP contribution < -0.4 is 9.47 Å². The first kappa shape index (κ1) is 16.5. The third-order valence-corrected chi connectivity index (χ3v) is 5.49. The molecule has 2 aromatic rings. The Balaban J connectivity index is 1.39. The molecular weight excluding hydrogens is 310 g/mol. The maximum Gasteiger partial charge on any atom is 0.162 e. The molecule has 2 aliphatic rings. The Morgan fingerprint density at radius 1 is 0.920 bits per heavy atom. The molecule has 3 nitrogen and oxygen atoms in total. The molecule has 1 unspecified atom stereocenters. The van der Waals surface area contributed by atoms with Gasteiger partial charge < -0.3 is 9.47 Å². The Bertz CT molecular complexity index is 691. The first-order valence-electron chi connectivity index (χ1n) is 9.47. The summed E-state index contributed by atoms with van der Waals surface area (Å²) in [5.74, 6) is 1.67. The normalized spacial score (nSPS) is 20.6. The van der Waals surface area contributed by atoms with Gasteiger partial charge in [0.1, 0.15) is 6.61 Å². The summed E-state index contributed by atoms with van der Waals surface area (Å²) in [5, 5.41) is 0. The van der Waals surface area contributed by atoms with E-state index in [1.54, 1.807) is 0 Å². The molecule has 1 atom stereocenters. The van der Waals surface area contributed by atoms with Crippen LogP contribution in [0.3, 0.4) is 0 Å². The van der Waals surface area contributed by atoms with Gasteiger partial charge in [0, 0.05) is 12.6 Å². The second kappa shape index (κ2) is 7.49. The lowest BCUT2D eigenvalue weighted by molar-refractivity contribution is 0.0912. The topological polar surface area (TPSA) is 21.7 Å². The van der Waals surface area contributed by atoms with Crippen molar-refractivity contribution in [3.63, 3.8) is 0 Å². The maximum atomic E-state index is 6.10. The third kappa shape index (κ3) is 3.82. The highest BCUT2D eigenvalue weighted by Gasteiger charge is 2.22. The zero-order valence-electron chi connectivity index (χ0n) is 15.0. The van der Waals surface area contributed by atoms with Crippen LogP contribution in [0.2, 0.25) is 0 Å². The molecule has 0 amide bonds. The summed E-state index contributed by atoms with van der Waals surface area (Å²) in [4.78, 5) is 2.52. The number of ether oxygens (including phenoxy) is 2. The van der Waals surface area contributed by atoms with E-state index >= 15 is 0 Å². The van der Waals surface area contributed by atoms with Gasteiger partial charge in [0.2, 0.25) is 0 Å². The Morgan fingerprint density at radius 3 is 2.40 bits per heavy atom. The number of benzene rings is 2. The molecule has 2 aromatic carbocycles. The SMILES string of the molecule is CN(Cc1ccc(C2COc3ccccc3O2)cc1)C1CCCCC1. The number of hydrogen-bond acceptors (Lipinski definition) is 3. The van der Waals surface area contributed by atoms with E-state index in [0.717, 1.165) is 24.1 Å². The number of fused-ring (bicyclic) bond motifs is 1. The summed E-state index contributed by atoms with van der Waals surface area (Å²) >= 11 is 0. The predicted octanol–water partition coefficient (Wildman–Crippen LogP) is 4.96. The van der Waals surface area contributed by atoms with E-state index in [9.17, 15) is 0 Å². The van der Waals surface area contributed by atoms with Crippen LogP contribution in [0.25, 0.3) is 0 Å². The zero-order chi connectivity index (χ0) is 17.1. The van der Waals surface area contributed by atoms with E-state index < -0.39 is 0 Å². The smallest absolute Gasteiger partial charge is 0.162 e. The molecule has 25 heavy (non-hydrogen) atoms. The summed E-state index contributed by atoms with van der Waals surface area (Å²) in [5.41, 5.74) is 2.55. The summed E-state index contributed by atoms with van der Waals surface area (Å²) in [6.45, 7) is 1.59. The summed E-state index contributed by atoms with van der Waals surface area (Å²) in [6, 6.07) is 17.5. The molecule has 1 aliphatic heterocycles. The molecule has 0 bridgehead atoms. The lowest BCUT2D eigenvalue weighted by Crippen LogP contribution is -2.32. The van der Waals surface area contributed by atoms with E-state index in [1.807, 2.05) is 24.3 Å². The lowest BCUT2D eigenvalue weighted by Gasteiger charge is -2.31. The monoisotopic (exact) mass is 337 g/mol. The standard InChI is InChI=1S/C22H27NO2/c1-23(19-7-3-2-4-8-19)15-17-11-13-18(14-12-17)22-16-24-20-9-5-6-10-21(20)25-22/h5-6,9-14,19,22H,2-4,7-8,15-16H2,1H3. The van der Waals surface area contributed by atoms with Crippen molar-refractivity contribution in [3.05, 3.63) is 59.7 Å². The molecule has 0 N–H and O–H groups in total. The van der Waals surface area contributed by atoms with Crippen molar-refractivity contribution >= 4 is 0 Å². The van der Waals surface area contributed by atoms with Gasteiger partial charge in [-0.05, 0) is 43.1 Å². The van der Waals surface area contributed by atoms with Crippen molar-refractivity contribution in [2.75, 3.05) is 13.7 Å². The molecule has 1 fully saturated rings. The first-order valence-corrected chi connectivity index (χ1v) is 9.47. The molecule has 1 heterocycles. The van der Waals surface area contributed by atoms with Crippen LogP contribution in [0.5, 0.6) is 11.5 Å². The highest BCUT2D eigenvalue weighted by Crippen LogP contribution is 2.35. The third-order valence-electron chi connectivity index (χ3n) is 5.49. The van der Waals surface area contributed by atoms with Gasteiger partial charge in [-0.2, -0.15) is 0 Å². The minimum atomic E-state index is -0.0278. The first-order chi connectivity index (χ1) is 12.3. The van der Waals surface area contributed by atoms with Crippen LogP contribution >= 0.6 is 0 Å². The Labute approximate surface area is 150 Å². The Hall–Kier alpha value is -2.00. The molecule has 0 aromatic heterocycles.